The van der Waals surface area contributed by atoms with Gasteiger partial charge in [-0.15, -0.1) is 0 Å². The standard InChI is InChI=1S/C22H34BrN/c1-2-3-4-5-6-7-8-12-17-24-22-16-15-20(23)18-21(22)19-13-10-9-11-14-19/h13,15-16,18,24H,2-12,14,17H2,1H3. The fourth-order valence-electron chi connectivity index (χ4n) is 3.50. The smallest absolute Gasteiger partial charge is 0.0417 e. The number of benzene rings is 1. The highest BCUT2D eigenvalue weighted by atomic mass is 79.9. The molecule has 0 radical (unpaired) electrons. The van der Waals surface area contributed by atoms with Crippen LogP contribution < -0.4 is 5.32 Å². The van der Waals surface area contributed by atoms with E-state index in [4.69, 9.17) is 0 Å². The summed E-state index contributed by atoms with van der Waals surface area (Å²) in [5, 5.41) is 3.69. The second-order valence-corrected chi connectivity index (χ2v) is 7.98. The van der Waals surface area contributed by atoms with E-state index in [0.29, 0.717) is 0 Å². The van der Waals surface area contributed by atoms with Crippen LogP contribution in [-0.4, -0.2) is 6.54 Å². The largest absolute Gasteiger partial charge is 0.385 e. The number of hydrogen-bond acceptors (Lipinski definition) is 1. The molecule has 0 bridgehead atoms. The van der Waals surface area contributed by atoms with E-state index in [9.17, 15) is 0 Å². The van der Waals surface area contributed by atoms with Crippen molar-refractivity contribution in [1.82, 2.24) is 0 Å². The molecule has 0 unspecified atom stereocenters. The highest BCUT2D eigenvalue weighted by Gasteiger charge is 2.11. The topological polar surface area (TPSA) is 12.0 Å². The molecule has 0 spiro atoms. The lowest BCUT2D eigenvalue weighted by molar-refractivity contribution is 0.581. The van der Waals surface area contributed by atoms with Gasteiger partial charge in [0.05, 0.1) is 0 Å². The Morgan fingerprint density at radius 1 is 0.958 bits per heavy atom. The van der Waals surface area contributed by atoms with Crippen molar-refractivity contribution in [1.29, 1.82) is 0 Å². The minimum Gasteiger partial charge on any atom is -0.385 e. The van der Waals surface area contributed by atoms with Gasteiger partial charge in [0.2, 0.25) is 0 Å². The van der Waals surface area contributed by atoms with Crippen molar-refractivity contribution in [3.05, 3.63) is 34.3 Å². The van der Waals surface area contributed by atoms with Crippen molar-refractivity contribution >= 4 is 27.2 Å². The highest BCUT2D eigenvalue weighted by molar-refractivity contribution is 9.10. The summed E-state index contributed by atoms with van der Waals surface area (Å²) in [6.45, 7) is 3.38. The molecule has 1 aromatic carbocycles. The molecule has 1 N–H and O–H groups in total. The van der Waals surface area contributed by atoms with Crippen LogP contribution in [0, 0.1) is 0 Å². The molecule has 0 saturated heterocycles. The van der Waals surface area contributed by atoms with Crippen LogP contribution in [0.25, 0.3) is 5.57 Å². The van der Waals surface area contributed by atoms with Gasteiger partial charge in [-0.2, -0.15) is 0 Å². The van der Waals surface area contributed by atoms with Crippen molar-refractivity contribution in [2.75, 3.05) is 11.9 Å². The van der Waals surface area contributed by atoms with Crippen molar-refractivity contribution in [3.8, 4) is 0 Å². The Balaban J connectivity index is 1.73. The van der Waals surface area contributed by atoms with E-state index in [1.807, 2.05) is 0 Å². The second kappa shape index (κ2) is 11.7. The van der Waals surface area contributed by atoms with Crippen LogP contribution >= 0.6 is 15.9 Å². The van der Waals surface area contributed by atoms with Crippen LogP contribution in [0.5, 0.6) is 0 Å². The van der Waals surface area contributed by atoms with Crippen molar-refractivity contribution < 1.29 is 0 Å². The SMILES string of the molecule is CCCCCCCCCCNc1ccc(Br)cc1C1=CCCCC1. The number of hydrogen-bond donors (Lipinski definition) is 1. The average Bonchev–Trinajstić information content (AvgIpc) is 2.62. The van der Waals surface area contributed by atoms with Crippen molar-refractivity contribution in [2.24, 2.45) is 0 Å². The predicted octanol–water partition coefficient (Wildman–Crippen LogP) is 7.96. The van der Waals surface area contributed by atoms with Gasteiger partial charge >= 0.3 is 0 Å². The van der Waals surface area contributed by atoms with E-state index in [1.165, 1.54) is 98.3 Å². The molecule has 1 aliphatic rings. The summed E-state index contributed by atoms with van der Waals surface area (Å²) in [4.78, 5) is 0. The summed E-state index contributed by atoms with van der Waals surface area (Å²) in [6.07, 6.45) is 18.6. The molecule has 0 fully saturated rings. The Labute approximate surface area is 157 Å². The quantitative estimate of drug-likeness (QED) is 0.377. The van der Waals surface area contributed by atoms with Crippen molar-refractivity contribution in [2.45, 2.75) is 84.0 Å². The van der Waals surface area contributed by atoms with Gasteiger partial charge in [-0.3, -0.25) is 0 Å². The fourth-order valence-corrected chi connectivity index (χ4v) is 3.86. The van der Waals surface area contributed by atoms with Gasteiger partial charge in [0.25, 0.3) is 0 Å². The molecule has 134 valence electrons. The van der Waals surface area contributed by atoms with E-state index in [1.54, 1.807) is 0 Å². The Morgan fingerprint density at radius 2 is 1.71 bits per heavy atom. The molecule has 1 nitrogen and oxygen atoms in total. The zero-order chi connectivity index (χ0) is 17.0. The third kappa shape index (κ3) is 7.01. The van der Waals surface area contributed by atoms with E-state index in [0.717, 1.165) is 6.54 Å². The van der Waals surface area contributed by atoms with Gasteiger partial charge in [-0.05, 0) is 55.9 Å². The summed E-state index contributed by atoms with van der Waals surface area (Å²) in [7, 11) is 0. The third-order valence-corrected chi connectivity index (χ3v) is 5.46. The number of anilines is 1. The van der Waals surface area contributed by atoms with Crippen LogP contribution in [0.1, 0.15) is 89.5 Å². The number of allylic oxidation sites excluding steroid dienone is 2. The minimum absolute atomic E-state index is 1.09. The molecule has 0 aromatic heterocycles. The molecule has 0 amide bonds. The zero-order valence-corrected chi connectivity index (χ0v) is 17.0. The number of halogens is 1. The number of unbranched alkanes of at least 4 members (excludes halogenated alkanes) is 7. The van der Waals surface area contributed by atoms with Crippen LogP contribution in [0.4, 0.5) is 5.69 Å². The molecular formula is C22H34BrN. The molecule has 0 aliphatic heterocycles. The normalized spacial score (nSPS) is 14.5. The Bertz CT molecular complexity index is 507. The molecule has 2 heteroatoms. The average molecular weight is 392 g/mol. The Hall–Kier alpha value is -0.760. The molecule has 0 atom stereocenters. The first kappa shape index (κ1) is 19.6. The first-order valence-electron chi connectivity index (χ1n) is 10.0. The maximum Gasteiger partial charge on any atom is 0.0417 e. The lowest BCUT2D eigenvalue weighted by Crippen LogP contribution is -2.05. The molecule has 1 aliphatic carbocycles. The molecule has 1 aromatic rings. The summed E-state index contributed by atoms with van der Waals surface area (Å²) < 4.78 is 1.18. The maximum absolute atomic E-state index is 3.69. The lowest BCUT2D eigenvalue weighted by Gasteiger charge is -2.18. The van der Waals surface area contributed by atoms with E-state index in [2.05, 4.69) is 52.4 Å². The lowest BCUT2D eigenvalue weighted by atomic mass is 9.92. The fraction of sp³-hybridized carbons (Fsp3) is 0.636. The van der Waals surface area contributed by atoms with E-state index in [-0.39, 0.29) is 0 Å². The number of nitrogens with one attached hydrogen (secondary N) is 1. The van der Waals surface area contributed by atoms with Gasteiger partial charge in [0.15, 0.2) is 0 Å². The van der Waals surface area contributed by atoms with Gasteiger partial charge in [0.1, 0.15) is 0 Å². The van der Waals surface area contributed by atoms with Gasteiger partial charge in [-0.25, -0.2) is 0 Å². The summed E-state index contributed by atoms with van der Waals surface area (Å²) in [5.41, 5.74) is 4.25. The van der Waals surface area contributed by atoms with Gasteiger partial charge in [-0.1, -0.05) is 73.9 Å². The third-order valence-electron chi connectivity index (χ3n) is 4.96. The monoisotopic (exact) mass is 391 g/mol. The van der Waals surface area contributed by atoms with Crippen LogP contribution in [0.3, 0.4) is 0 Å². The first-order chi connectivity index (χ1) is 11.8. The summed E-state index contributed by atoms with van der Waals surface area (Å²) in [5.74, 6) is 0. The van der Waals surface area contributed by atoms with E-state index < -0.39 is 0 Å². The van der Waals surface area contributed by atoms with Gasteiger partial charge < -0.3 is 5.32 Å². The van der Waals surface area contributed by atoms with Crippen LogP contribution in [0.2, 0.25) is 0 Å². The molecule has 2 rings (SSSR count). The Morgan fingerprint density at radius 3 is 2.42 bits per heavy atom. The summed E-state index contributed by atoms with van der Waals surface area (Å²) >= 11 is 3.64. The molecular weight excluding hydrogens is 358 g/mol. The zero-order valence-electron chi connectivity index (χ0n) is 15.4. The highest BCUT2D eigenvalue weighted by Crippen LogP contribution is 2.33. The van der Waals surface area contributed by atoms with Crippen LogP contribution in [0.15, 0.2) is 28.7 Å². The summed E-state index contributed by atoms with van der Waals surface area (Å²) in [6, 6.07) is 6.68. The predicted molar refractivity (Wildman–Crippen MR) is 112 cm³/mol. The molecule has 0 heterocycles. The first-order valence-corrected chi connectivity index (χ1v) is 10.8. The maximum atomic E-state index is 3.69. The molecule has 24 heavy (non-hydrogen) atoms. The Kier molecular flexibility index (Phi) is 9.57. The van der Waals surface area contributed by atoms with Crippen LogP contribution in [-0.2, 0) is 0 Å². The van der Waals surface area contributed by atoms with Gasteiger partial charge in [0, 0.05) is 22.3 Å². The minimum atomic E-state index is 1.09. The number of rotatable bonds is 11. The van der Waals surface area contributed by atoms with E-state index >= 15 is 0 Å². The second-order valence-electron chi connectivity index (χ2n) is 7.07. The van der Waals surface area contributed by atoms with Crippen molar-refractivity contribution in [3.63, 3.8) is 0 Å². The molecule has 0 saturated carbocycles.